The number of carbonyl (C=O) groups excluding carboxylic acids is 3. The lowest BCUT2D eigenvalue weighted by atomic mass is 10.0. The van der Waals surface area contributed by atoms with Crippen LogP contribution in [-0.4, -0.2) is 58.1 Å². The van der Waals surface area contributed by atoms with Crippen LogP contribution in [-0.2, 0) is 46.9 Å². The lowest BCUT2D eigenvalue weighted by molar-refractivity contribution is -0.377. The van der Waals surface area contributed by atoms with E-state index in [-0.39, 0.29) is 71.1 Å². The summed E-state index contributed by atoms with van der Waals surface area (Å²) >= 11 is 12.8. The number of nitrogens with zero attached hydrogens (tertiary/aromatic N) is 1. The predicted molar refractivity (Wildman–Crippen MR) is 199 cm³/mol. The number of pyridine rings is 1. The van der Waals surface area contributed by atoms with Gasteiger partial charge in [-0.15, -0.1) is 0 Å². The number of rotatable bonds is 18. The van der Waals surface area contributed by atoms with Crippen LogP contribution in [0, 0.1) is 11.8 Å². The molecule has 1 heterocycles. The highest BCUT2D eigenvalue weighted by Gasteiger charge is 2.34. The summed E-state index contributed by atoms with van der Waals surface area (Å²) in [6.45, 7) is 1.89. The summed E-state index contributed by atoms with van der Waals surface area (Å²) in [6.07, 6.45) is 4.46. The maximum atomic E-state index is 13.2. The van der Waals surface area contributed by atoms with Crippen molar-refractivity contribution in [3.8, 4) is 17.2 Å². The zero-order chi connectivity index (χ0) is 40.8. The molecule has 3 aromatic rings. The first kappa shape index (κ1) is 42.7. The van der Waals surface area contributed by atoms with Gasteiger partial charge >= 0.3 is 24.6 Å². The van der Waals surface area contributed by atoms with E-state index in [1.54, 1.807) is 20.8 Å². The second-order valence-electron chi connectivity index (χ2n) is 14.6. The minimum absolute atomic E-state index is 0.0194. The van der Waals surface area contributed by atoms with Crippen molar-refractivity contribution in [2.24, 2.45) is 11.8 Å². The van der Waals surface area contributed by atoms with Crippen LogP contribution in [0.4, 0.5) is 19.3 Å². The van der Waals surface area contributed by atoms with Gasteiger partial charge in [0.2, 0.25) is 10.0 Å². The average Bonchev–Trinajstić information content (AvgIpc) is 4.02. The number of alkyl halides is 2. The third-order valence-electron chi connectivity index (χ3n) is 8.38. The Labute approximate surface area is 333 Å². The Hall–Kier alpha value is -4.41. The highest BCUT2D eigenvalue weighted by Crippen LogP contribution is 2.39. The number of esters is 2. The van der Waals surface area contributed by atoms with Crippen molar-refractivity contribution in [3.05, 3.63) is 75.5 Å². The summed E-state index contributed by atoms with van der Waals surface area (Å²) in [5.41, 5.74) is 0.0241. The molecule has 0 radical (unpaired) electrons. The van der Waals surface area contributed by atoms with Gasteiger partial charge in [-0.3, -0.25) is 9.59 Å². The second-order valence-corrected chi connectivity index (χ2v) is 17.2. The van der Waals surface area contributed by atoms with Crippen molar-refractivity contribution in [2.75, 3.05) is 23.8 Å². The molecule has 2 fully saturated rings. The van der Waals surface area contributed by atoms with Gasteiger partial charge in [0.15, 0.2) is 23.9 Å². The fourth-order valence-electron chi connectivity index (χ4n) is 5.28. The van der Waals surface area contributed by atoms with E-state index in [0.29, 0.717) is 21.0 Å². The molecular formula is C38H43Cl2F2N2O11S+. The molecule has 0 bridgehead atoms. The summed E-state index contributed by atoms with van der Waals surface area (Å²) in [7, 11) is -4.17. The number of sulfonamides is 1. The monoisotopic (exact) mass is 843 g/mol. The van der Waals surface area contributed by atoms with E-state index in [2.05, 4.69) is 9.72 Å². The second kappa shape index (κ2) is 18.2. The number of amides is 1. The summed E-state index contributed by atoms with van der Waals surface area (Å²) in [6, 6.07) is 8.35. The third-order valence-corrected chi connectivity index (χ3v) is 10.1. The molecule has 13 nitrogen and oxygen atoms in total. The van der Waals surface area contributed by atoms with Gasteiger partial charge in [0.25, 0.3) is 0 Å². The van der Waals surface area contributed by atoms with Crippen molar-refractivity contribution in [1.82, 2.24) is 0 Å². The topological polar surface area (TPSA) is 158 Å². The Morgan fingerprint density at radius 2 is 1.52 bits per heavy atom. The van der Waals surface area contributed by atoms with Crippen LogP contribution in [0.2, 0.25) is 10.0 Å². The van der Waals surface area contributed by atoms with Gasteiger partial charge in [0.1, 0.15) is 46.2 Å². The standard InChI is InChI=1S/C38H42Cl2F2N2O11S/c1-38(2,3)55-37(47)44(56(4,48)49)29-11-9-24(13-32(29)50-19-22-5-6-22)21-52-34(45)16-35(46)53-31(15-26-27(39)17-43-18-28(26)40)25-10-12-30(54-36(41)42)33(14-25)51-20-23-7-8-23/h9-14,17-18,22-23,31,36H,5-8,15-16,19-21H2,1-4H3/p+1/t31-/m0/s1. The first-order chi connectivity index (χ1) is 26.4. The van der Waals surface area contributed by atoms with E-state index < -0.39 is 52.8 Å². The molecule has 56 heavy (non-hydrogen) atoms. The number of carbonyl (C=O) groups is 3. The molecule has 1 atom stereocenters. The number of halogens is 4. The van der Waals surface area contributed by atoms with Crippen molar-refractivity contribution in [1.29, 1.82) is 0 Å². The minimum Gasteiger partial charge on any atom is -0.491 e. The van der Waals surface area contributed by atoms with Gasteiger partial charge in [-0.05, 0) is 93.7 Å². The van der Waals surface area contributed by atoms with Crippen molar-refractivity contribution < 1.29 is 65.0 Å². The summed E-state index contributed by atoms with van der Waals surface area (Å²) in [4.78, 5) is 42.0. The number of hydrogen-bond acceptors (Lipinski definition) is 11. The van der Waals surface area contributed by atoms with Crippen LogP contribution in [0.3, 0.4) is 0 Å². The Bertz CT molecular complexity index is 2000. The first-order valence-electron chi connectivity index (χ1n) is 17.8. The molecule has 18 heteroatoms. The maximum Gasteiger partial charge on any atom is 0.429 e. The van der Waals surface area contributed by atoms with Crippen LogP contribution in [0.15, 0.2) is 48.8 Å². The quantitative estimate of drug-likeness (QED) is 0.0704. The summed E-state index contributed by atoms with van der Waals surface area (Å²) < 4.78 is 85.4. The Kier molecular flexibility index (Phi) is 13.9. The van der Waals surface area contributed by atoms with Crippen molar-refractivity contribution >= 4 is 56.9 Å². The molecule has 2 saturated carbocycles. The summed E-state index contributed by atoms with van der Waals surface area (Å²) in [5.74, 6) is -1.51. The van der Waals surface area contributed by atoms with Crippen LogP contribution in [0.25, 0.3) is 0 Å². The van der Waals surface area contributed by atoms with Crippen LogP contribution in [0.1, 0.15) is 75.7 Å². The molecule has 1 N–H and O–H groups in total. The van der Waals surface area contributed by atoms with E-state index in [9.17, 15) is 31.6 Å². The number of hydrogen-bond donors (Lipinski definition) is 0. The van der Waals surface area contributed by atoms with Crippen molar-refractivity contribution in [2.45, 2.75) is 84.2 Å². The smallest absolute Gasteiger partial charge is 0.429 e. The highest BCUT2D eigenvalue weighted by molar-refractivity contribution is 7.92. The number of H-pyrrole nitrogens is 1. The number of benzene rings is 2. The van der Waals surface area contributed by atoms with Gasteiger partial charge < -0.3 is 28.4 Å². The molecule has 1 aromatic heterocycles. The van der Waals surface area contributed by atoms with E-state index in [1.807, 2.05) is 0 Å². The van der Waals surface area contributed by atoms with Crippen molar-refractivity contribution in [3.63, 3.8) is 0 Å². The SMILES string of the molecule is CC(C)(C)OC(=O)N(c1ccc(COC(=O)CC(=O)O[C@@H](Cc2c(Cl)c[nH+]cc2Cl)c2ccc(OC(F)F)c(OCC3CC3)c2)cc1OCC1CC1)S(C)(=O)=O. The lowest BCUT2D eigenvalue weighted by Crippen LogP contribution is -2.40. The molecule has 5 rings (SSSR count). The Balaban J connectivity index is 1.31. The molecule has 0 saturated heterocycles. The zero-order valence-corrected chi connectivity index (χ0v) is 33.5. The molecule has 0 unspecified atom stereocenters. The van der Waals surface area contributed by atoms with E-state index in [0.717, 1.165) is 31.9 Å². The first-order valence-corrected chi connectivity index (χ1v) is 20.4. The number of aromatic amines is 1. The molecular weight excluding hydrogens is 801 g/mol. The van der Waals surface area contributed by atoms with Gasteiger partial charge in [0.05, 0.1) is 19.5 Å². The van der Waals surface area contributed by atoms with E-state index in [1.165, 1.54) is 48.8 Å². The van der Waals surface area contributed by atoms with Crippen LogP contribution < -0.4 is 23.5 Å². The number of aromatic nitrogens is 1. The molecule has 0 spiro atoms. The van der Waals surface area contributed by atoms with Gasteiger partial charge in [-0.1, -0.05) is 35.3 Å². The van der Waals surface area contributed by atoms with E-state index in [4.69, 9.17) is 46.9 Å². The predicted octanol–water partition coefficient (Wildman–Crippen LogP) is 7.65. The molecule has 304 valence electrons. The van der Waals surface area contributed by atoms with Crippen LogP contribution in [0.5, 0.6) is 17.2 Å². The zero-order valence-electron chi connectivity index (χ0n) is 31.2. The number of nitrogens with one attached hydrogen (secondary N) is 1. The molecule has 0 aliphatic heterocycles. The molecule has 1 amide bonds. The fourth-order valence-corrected chi connectivity index (χ4v) is 6.63. The Morgan fingerprint density at radius 1 is 0.893 bits per heavy atom. The van der Waals surface area contributed by atoms with Gasteiger partial charge in [-0.2, -0.15) is 13.1 Å². The van der Waals surface area contributed by atoms with E-state index >= 15 is 0 Å². The van der Waals surface area contributed by atoms with Crippen LogP contribution >= 0.6 is 23.2 Å². The molecule has 2 aliphatic carbocycles. The normalized spacial score (nSPS) is 14.8. The molecule has 2 aliphatic rings. The minimum atomic E-state index is -4.17. The number of anilines is 1. The maximum absolute atomic E-state index is 13.2. The average molecular weight is 845 g/mol. The molecule has 2 aromatic carbocycles. The third kappa shape index (κ3) is 12.8. The summed E-state index contributed by atoms with van der Waals surface area (Å²) in [5, 5.41) is 0.469. The lowest BCUT2D eigenvalue weighted by Gasteiger charge is -2.27. The largest absolute Gasteiger partial charge is 0.491 e. The van der Waals surface area contributed by atoms with Gasteiger partial charge in [0, 0.05) is 12.0 Å². The highest BCUT2D eigenvalue weighted by atomic mass is 35.5. The fraction of sp³-hybridized carbons (Fsp3) is 0.474. The Morgan fingerprint density at radius 3 is 2.09 bits per heavy atom. The number of ether oxygens (including phenoxy) is 6. The van der Waals surface area contributed by atoms with Gasteiger partial charge in [-0.25, -0.2) is 18.2 Å².